The van der Waals surface area contributed by atoms with E-state index in [0.29, 0.717) is 53.9 Å². The molecule has 10 heteroatoms. The van der Waals surface area contributed by atoms with Crippen molar-refractivity contribution in [2.24, 2.45) is 0 Å². The number of amides is 1. The largest absolute Gasteiger partial charge is 0.493 e. The monoisotopic (exact) mass is 425 g/mol. The number of nitrogens with two attached hydrogens (primary N) is 1. The van der Waals surface area contributed by atoms with Crippen LogP contribution in [0.4, 0.5) is 11.8 Å². The number of hydrogen-bond acceptors (Lipinski definition) is 8. The van der Waals surface area contributed by atoms with Gasteiger partial charge in [-0.25, -0.2) is 4.98 Å². The number of carbonyl (C=O) groups is 1. The minimum atomic E-state index is -0.298. The van der Waals surface area contributed by atoms with Crippen molar-refractivity contribution in [2.75, 3.05) is 51.6 Å². The van der Waals surface area contributed by atoms with Crippen LogP contribution in [-0.4, -0.2) is 62.9 Å². The summed E-state index contributed by atoms with van der Waals surface area (Å²) in [6, 6.07) is 3.55. The van der Waals surface area contributed by atoms with Gasteiger partial charge < -0.3 is 30.2 Å². The third-order valence-electron chi connectivity index (χ3n) is 4.75. The van der Waals surface area contributed by atoms with E-state index < -0.39 is 0 Å². The summed E-state index contributed by atoms with van der Waals surface area (Å²) in [7, 11) is 5.04. The molecule has 1 aromatic heterocycles. The highest BCUT2D eigenvalue weighted by atomic mass is 35.5. The van der Waals surface area contributed by atoms with Crippen molar-refractivity contribution in [2.45, 2.75) is 25.4 Å². The minimum absolute atomic E-state index is 0. The summed E-state index contributed by atoms with van der Waals surface area (Å²) >= 11 is 0. The number of hydrogen-bond donors (Lipinski definition) is 2. The van der Waals surface area contributed by atoms with Crippen molar-refractivity contribution < 1.29 is 19.0 Å². The van der Waals surface area contributed by atoms with Crippen LogP contribution in [0.25, 0.3) is 10.9 Å². The van der Waals surface area contributed by atoms with Crippen molar-refractivity contribution in [3.63, 3.8) is 0 Å². The molecule has 0 saturated carbocycles. The molecular weight excluding hydrogens is 398 g/mol. The fourth-order valence-corrected chi connectivity index (χ4v) is 3.16. The zero-order valence-corrected chi connectivity index (χ0v) is 17.8. The molecule has 0 aliphatic carbocycles. The summed E-state index contributed by atoms with van der Waals surface area (Å²) in [4.78, 5) is 22.8. The molecule has 0 bridgehead atoms. The van der Waals surface area contributed by atoms with Crippen LogP contribution >= 0.6 is 12.4 Å². The van der Waals surface area contributed by atoms with Crippen LogP contribution < -0.4 is 25.4 Å². The van der Waals surface area contributed by atoms with Gasteiger partial charge in [0.1, 0.15) is 11.9 Å². The Bertz CT molecular complexity index is 845. The van der Waals surface area contributed by atoms with Gasteiger partial charge in [-0.1, -0.05) is 0 Å². The highest BCUT2D eigenvalue weighted by Crippen LogP contribution is 2.33. The number of nitrogen functional groups attached to an aromatic ring is 1. The average molecular weight is 426 g/mol. The SMILES string of the molecule is COc1cc2nc(N(C)CCCNC(=O)C3CCCO3)nc(N)c2cc1OC.Cl. The highest BCUT2D eigenvalue weighted by Gasteiger charge is 2.22. The Morgan fingerprint density at radius 3 is 2.69 bits per heavy atom. The number of carbonyl (C=O) groups excluding carboxylic acids is 1. The lowest BCUT2D eigenvalue weighted by Crippen LogP contribution is -2.36. The third-order valence-corrected chi connectivity index (χ3v) is 4.75. The Kier molecular flexibility index (Phi) is 8.10. The van der Waals surface area contributed by atoms with Crippen molar-refractivity contribution in [1.82, 2.24) is 15.3 Å². The van der Waals surface area contributed by atoms with E-state index in [4.69, 9.17) is 19.9 Å². The van der Waals surface area contributed by atoms with Crippen LogP contribution in [0.1, 0.15) is 19.3 Å². The van der Waals surface area contributed by atoms with Gasteiger partial charge in [0.2, 0.25) is 11.9 Å². The predicted molar refractivity (Wildman–Crippen MR) is 114 cm³/mol. The molecule has 0 spiro atoms. The second-order valence-electron chi connectivity index (χ2n) is 6.70. The van der Waals surface area contributed by atoms with Gasteiger partial charge in [-0.2, -0.15) is 4.98 Å². The lowest BCUT2D eigenvalue weighted by Gasteiger charge is -2.19. The Hall–Kier alpha value is -2.52. The Morgan fingerprint density at radius 2 is 2.03 bits per heavy atom. The van der Waals surface area contributed by atoms with E-state index in [1.54, 1.807) is 26.4 Å². The van der Waals surface area contributed by atoms with E-state index in [9.17, 15) is 4.79 Å². The predicted octanol–water partition coefficient (Wildman–Crippen LogP) is 1.77. The molecule has 1 amide bonds. The minimum Gasteiger partial charge on any atom is -0.493 e. The first-order valence-electron chi connectivity index (χ1n) is 9.33. The van der Waals surface area contributed by atoms with Crippen LogP contribution in [0.5, 0.6) is 11.5 Å². The number of benzene rings is 1. The molecule has 1 aliphatic rings. The zero-order chi connectivity index (χ0) is 20.1. The summed E-state index contributed by atoms with van der Waals surface area (Å²) in [6.07, 6.45) is 2.19. The topological polar surface area (TPSA) is 112 Å². The quantitative estimate of drug-likeness (QED) is 0.615. The van der Waals surface area contributed by atoms with E-state index in [1.807, 2.05) is 11.9 Å². The smallest absolute Gasteiger partial charge is 0.249 e. The van der Waals surface area contributed by atoms with Crippen LogP contribution in [0, 0.1) is 0 Å². The normalized spacial score (nSPS) is 15.6. The van der Waals surface area contributed by atoms with Gasteiger partial charge in [0, 0.05) is 38.2 Å². The molecule has 2 aromatic rings. The fourth-order valence-electron chi connectivity index (χ4n) is 3.16. The van der Waals surface area contributed by atoms with Crippen LogP contribution in [0.3, 0.4) is 0 Å². The first kappa shape index (κ1) is 22.8. The molecule has 160 valence electrons. The summed E-state index contributed by atoms with van der Waals surface area (Å²) < 4.78 is 16.0. The molecule has 1 atom stereocenters. The lowest BCUT2D eigenvalue weighted by atomic mass is 10.2. The van der Waals surface area contributed by atoms with Crippen molar-refractivity contribution in [3.8, 4) is 11.5 Å². The second-order valence-corrected chi connectivity index (χ2v) is 6.70. The van der Waals surface area contributed by atoms with Gasteiger partial charge in [0.05, 0.1) is 19.7 Å². The second kappa shape index (κ2) is 10.3. The van der Waals surface area contributed by atoms with Gasteiger partial charge >= 0.3 is 0 Å². The lowest BCUT2D eigenvalue weighted by molar-refractivity contribution is -0.130. The number of rotatable bonds is 8. The van der Waals surface area contributed by atoms with Gasteiger partial charge in [0.25, 0.3) is 0 Å². The molecular formula is C19H28ClN5O4. The van der Waals surface area contributed by atoms with Crippen molar-refractivity contribution in [1.29, 1.82) is 0 Å². The number of methoxy groups -OCH3 is 2. The van der Waals surface area contributed by atoms with E-state index in [-0.39, 0.29) is 24.4 Å². The van der Waals surface area contributed by atoms with E-state index in [0.717, 1.165) is 19.3 Å². The summed E-state index contributed by atoms with van der Waals surface area (Å²) in [5.41, 5.74) is 6.81. The zero-order valence-electron chi connectivity index (χ0n) is 16.9. The fraction of sp³-hybridized carbons (Fsp3) is 0.526. The van der Waals surface area contributed by atoms with Gasteiger partial charge in [-0.3, -0.25) is 4.79 Å². The van der Waals surface area contributed by atoms with Crippen molar-refractivity contribution >= 4 is 41.0 Å². The van der Waals surface area contributed by atoms with E-state index >= 15 is 0 Å². The maximum atomic E-state index is 12.0. The molecule has 1 fully saturated rings. The van der Waals surface area contributed by atoms with E-state index in [1.165, 1.54) is 0 Å². The number of halogens is 1. The number of nitrogens with zero attached hydrogens (tertiary/aromatic N) is 3. The van der Waals surface area contributed by atoms with Gasteiger partial charge in [-0.05, 0) is 25.3 Å². The summed E-state index contributed by atoms with van der Waals surface area (Å²) in [5.74, 6) is 2.02. The molecule has 0 radical (unpaired) electrons. The molecule has 1 saturated heterocycles. The highest BCUT2D eigenvalue weighted by molar-refractivity contribution is 5.91. The van der Waals surface area contributed by atoms with Crippen LogP contribution in [0.15, 0.2) is 12.1 Å². The number of aromatic nitrogens is 2. The molecule has 1 unspecified atom stereocenters. The molecule has 9 nitrogen and oxygen atoms in total. The Balaban J connectivity index is 0.00000300. The number of fused-ring (bicyclic) bond motifs is 1. The Morgan fingerprint density at radius 1 is 1.31 bits per heavy atom. The average Bonchev–Trinajstić information content (AvgIpc) is 3.24. The van der Waals surface area contributed by atoms with Crippen LogP contribution in [0.2, 0.25) is 0 Å². The number of nitrogens with one attached hydrogen (secondary N) is 1. The first-order valence-corrected chi connectivity index (χ1v) is 9.33. The van der Waals surface area contributed by atoms with Gasteiger partial charge in [0.15, 0.2) is 11.5 Å². The summed E-state index contributed by atoms with van der Waals surface area (Å²) in [5, 5.41) is 3.62. The van der Waals surface area contributed by atoms with Crippen molar-refractivity contribution in [3.05, 3.63) is 12.1 Å². The van der Waals surface area contributed by atoms with E-state index in [2.05, 4.69) is 15.3 Å². The molecule has 2 heterocycles. The summed E-state index contributed by atoms with van der Waals surface area (Å²) in [6.45, 7) is 1.90. The Labute approximate surface area is 176 Å². The van der Waals surface area contributed by atoms with Gasteiger partial charge in [-0.15, -0.1) is 12.4 Å². The standard InChI is InChI=1S/C19H27N5O4.ClH/c1-24(8-5-7-21-18(25)14-6-4-9-28-14)19-22-13-11-16(27-3)15(26-2)10-12(13)17(20)23-19;/h10-11,14H,4-9H2,1-3H3,(H,21,25)(H2,20,22,23);1H. The number of anilines is 2. The first-order chi connectivity index (χ1) is 13.5. The maximum absolute atomic E-state index is 12.0. The molecule has 29 heavy (non-hydrogen) atoms. The van der Waals surface area contributed by atoms with Crippen LogP contribution in [-0.2, 0) is 9.53 Å². The molecule has 1 aliphatic heterocycles. The number of ether oxygens (including phenoxy) is 3. The maximum Gasteiger partial charge on any atom is 0.249 e. The molecule has 3 rings (SSSR count). The molecule has 1 aromatic carbocycles. The third kappa shape index (κ3) is 5.30. The molecule has 3 N–H and O–H groups in total.